The molecular weight excluding hydrogens is 260 g/mol. The van der Waals surface area contributed by atoms with Crippen molar-refractivity contribution >= 4 is 23.2 Å². The lowest BCUT2D eigenvalue weighted by Crippen LogP contribution is -2.13. The van der Waals surface area contributed by atoms with Crippen LogP contribution in [0.15, 0.2) is 36.5 Å². The van der Waals surface area contributed by atoms with Crippen LogP contribution in [0, 0.1) is 6.92 Å². The van der Waals surface area contributed by atoms with Gasteiger partial charge in [-0.3, -0.25) is 4.79 Å². The van der Waals surface area contributed by atoms with Gasteiger partial charge in [0.25, 0.3) is 5.91 Å². The van der Waals surface area contributed by atoms with Gasteiger partial charge in [0.1, 0.15) is 5.15 Å². The fourth-order valence-electron chi connectivity index (χ4n) is 1.74. The lowest BCUT2D eigenvalue weighted by Gasteiger charge is -2.08. The van der Waals surface area contributed by atoms with Crippen LogP contribution in [0.5, 0.6) is 0 Å². The Hall–Kier alpha value is -1.87. The minimum absolute atomic E-state index is 0.144. The van der Waals surface area contributed by atoms with E-state index in [-0.39, 0.29) is 5.91 Å². The van der Waals surface area contributed by atoms with Crippen LogP contribution in [-0.4, -0.2) is 10.9 Å². The third kappa shape index (κ3) is 3.32. The van der Waals surface area contributed by atoms with E-state index in [1.165, 1.54) is 5.56 Å². The maximum absolute atomic E-state index is 12.1. The van der Waals surface area contributed by atoms with Crippen LogP contribution < -0.4 is 5.32 Å². The van der Waals surface area contributed by atoms with Crippen molar-refractivity contribution in [2.45, 2.75) is 20.3 Å². The van der Waals surface area contributed by atoms with Crippen molar-refractivity contribution in [2.24, 2.45) is 0 Å². The smallest absolute Gasteiger partial charge is 0.255 e. The highest BCUT2D eigenvalue weighted by atomic mass is 35.5. The number of rotatable bonds is 3. The van der Waals surface area contributed by atoms with Crippen molar-refractivity contribution < 1.29 is 4.79 Å². The molecule has 0 atom stereocenters. The second kappa shape index (κ2) is 5.85. The van der Waals surface area contributed by atoms with Crippen molar-refractivity contribution in [3.63, 3.8) is 0 Å². The minimum Gasteiger partial charge on any atom is -0.320 e. The van der Waals surface area contributed by atoms with E-state index in [9.17, 15) is 4.79 Å². The molecule has 0 bridgehead atoms. The quantitative estimate of drug-likeness (QED) is 0.864. The van der Waals surface area contributed by atoms with Gasteiger partial charge in [-0.15, -0.1) is 0 Å². The van der Waals surface area contributed by atoms with E-state index in [0.717, 1.165) is 12.0 Å². The molecule has 0 aliphatic carbocycles. The van der Waals surface area contributed by atoms with Gasteiger partial charge in [0.2, 0.25) is 0 Å². The Morgan fingerprint density at radius 1 is 1.32 bits per heavy atom. The first-order valence-corrected chi connectivity index (χ1v) is 6.50. The Bertz CT molecular complexity index is 594. The van der Waals surface area contributed by atoms with Crippen LogP contribution in [0.25, 0.3) is 0 Å². The summed E-state index contributed by atoms with van der Waals surface area (Å²) in [4.78, 5) is 16.0. The zero-order chi connectivity index (χ0) is 13.8. The van der Waals surface area contributed by atoms with Crippen molar-refractivity contribution in [3.8, 4) is 0 Å². The number of benzene rings is 1. The molecule has 0 radical (unpaired) electrons. The topological polar surface area (TPSA) is 42.0 Å². The maximum Gasteiger partial charge on any atom is 0.255 e. The maximum atomic E-state index is 12.1. The Morgan fingerprint density at radius 3 is 2.58 bits per heavy atom. The molecule has 1 heterocycles. The third-order valence-corrected chi connectivity index (χ3v) is 3.16. The Labute approximate surface area is 117 Å². The summed E-state index contributed by atoms with van der Waals surface area (Å²) in [5.74, 6) is -0.144. The number of carbonyl (C=O) groups excluding carboxylic acids is 1. The van der Waals surface area contributed by atoms with Gasteiger partial charge in [-0.1, -0.05) is 30.7 Å². The summed E-state index contributed by atoms with van der Waals surface area (Å²) in [5.41, 5.74) is 3.40. The summed E-state index contributed by atoms with van der Waals surface area (Å²) >= 11 is 5.78. The first-order valence-electron chi connectivity index (χ1n) is 6.12. The molecule has 2 rings (SSSR count). The number of aryl methyl sites for hydroxylation is 2. The average molecular weight is 275 g/mol. The van der Waals surface area contributed by atoms with Crippen molar-refractivity contribution in [1.82, 2.24) is 4.98 Å². The van der Waals surface area contributed by atoms with Gasteiger partial charge in [-0.05, 0) is 42.7 Å². The highest BCUT2D eigenvalue weighted by Gasteiger charge is 2.08. The second-order valence-electron chi connectivity index (χ2n) is 4.33. The van der Waals surface area contributed by atoms with Crippen LogP contribution in [-0.2, 0) is 6.42 Å². The van der Waals surface area contributed by atoms with Gasteiger partial charge in [-0.25, -0.2) is 4.98 Å². The van der Waals surface area contributed by atoms with Gasteiger partial charge < -0.3 is 5.32 Å². The summed E-state index contributed by atoms with van der Waals surface area (Å²) in [6, 6.07) is 9.29. The van der Waals surface area contributed by atoms with Gasteiger partial charge in [0, 0.05) is 5.56 Å². The van der Waals surface area contributed by atoms with E-state index in [0.29, 0.717) is 16.4 Å². The first-order chi connectivity index (χ1) is 9.10. The number of halogens is 1. The van der Waals surface area contributed by atoms with Crippen molar-refractivity contribution in [3.05, 3.63) is 58.4 Å². The molecular formula is C15H15ClN2O. The number of hydrogen-bond acceptors (Lipinski definition) is 2. The molecule has 1 N–H and O–H groups in total. The number of pyridine rings is 1. The molecule has 0 unspecified atom stereocenters. The van der Waals surface area contributed by atoms with Gasteiger partial charge >= 0.3 is 0 Å². The zero-order valence-electron chi connectivity index (χ0n) is 10.9. The molecule has 0 aliphatic heterocycles. The molecule has 3 nitrogen and oxygen atoms in total. The summed E-state index contributed by atoms with van der Waals surface area (Å²) in [7, 11) is 0. The van der Waals surface area contributed by atoms with Crippen LogP contribution in [0.3, 0.4) is 0 Å². The number of hydrogen-bond donors (Lipinski definition) is 1. The Balaban J connectivity index is 2.15. The predicted molar refractivity (Wildman–Crippen MR) is 77.8 cm³/mol. The lowest BCUT2D eigenvalue weighted by atomic mass is 10.1. The fourth-order valence-corrected chi connectivity index (χ4v) is 1.95. The molecule has 2 aromatic rings. The SMILES string of the molecule is CCc1ccc(C(=O)Nc2cnc(Cl)cc2C)cc1. The molecule has 0 fully saturated rings. The van der Waals surface area contributed by atoms with Gasteiger partial charge in [0.15, 0.2) is 0 Å². The highest BCUT2D eigenvalue weighted by molar-refractivity contribution is 6.29. The summed E-state index contributed by atoms with van der Waals surface area (Å²) in [6.45, 7) is 3.96. The Kier molecular flexibility index (Phi) is 4.17. The number of nitrogens with zero attached hydrogens (tertiary/aromatic N) is 1. The van der Waals surface area contributed by atoms with Crippen LogP contribution >= 0.6 is 11.6 Å². The Morgan fingerprint density at radius 2 is 2.00 bits per heavy atom. The summed E-state index contributed by atoms with van der Waals surface area (Å²) < 4.78 is 0. The molecule has 98 valence electrons. The molecule has 0 saturated heterocycles. The van der Waals surface area contributed by atoms with E-state index in [1.807, 2.05) is 31.2 Å². The second-order valence-corrected chi connectivity index (χ2v) is 4.71. The third-order valence-electron chi connectivity index (χ3n) is 2.95. The normalized spacial score (nSPS) is 10.3. The highest BCUT2D eigenvalue weighted by Crippen LogP contribution is 2.17. The largest absolute Gasteiger partial charge is 0.320 e. The summed E-state index contributed by atoms with van der Waals surface area (Å²) in [5, 5.41) is 3.25. The van der Waals surface area contributed by atoms with E-state index in [4.69, 9.17) is 11.6 Å². The van der Waals surface area contributed by atoms with E-state index in [2.05, 4.69) is 17.2 Å². The van der Waals surface area contributed by atoms with Crippen LogP contribution in [0.2, 0.25) is 5.15 Å². The lowest BCUT2D eigenvalue weighted by molar-refractivity contribution is 0.102. The zero-order valence-corrected chi connectivity index (χ0v) is 11.7. The average Bonchev–Trinajstić information content (AvgIpc) is 2.42. The van der Waals surface area contributed by atoms with Gasteiger partial charge in [0.05, 0.1) is 11.9 Å². The standard InChI is InChI=1S/C15H15ClN2O/c1-3-11-4-6-12(7-5-11)15(19)18-13-9-17-14(16)8-10(13)2/h4-9H,3H2,1-2H3,(H,18,19). The molecule has 1 aromatic heterocycles. The summed E-state index contributed by atoms with van der Waals surface area (Å²) in [6.07, 6.45) is 2.53. The number of amides is 1. The van der Waals surface area contributed by atoms with E-state index >= 15 is 0 Å². The number of nitrogens with one attached hydrogen (secondary N) is 1. The molecule has 1 amide bonds. The number of aromatic nitrogens is 1. The predicted octanol–water partition coefficient (Wildman–Crippen LogP) is 3.86. The molecule has 0 saturated carbocycles. The van der Waals surface area contributed by atoms with E-state index in [1.54, 1.807) is 12.3 Å². The van der Waals surface area contributed by atoms with E-state index < -0.39 is 0 Å². The van der Waals surface area contributed by atoms with Crippen molar-refractivity contribution in [2.75, 3.05) is 5.32 Å². The molecule has 0 spiro atoms. The number of anilines is 1. The van der Waals surface area contributed by atoms with Crippen molar-refractivity contribution in [1.29, 1.82) is 0 Å². The minimum atomic E-state index is -0.144. The fraction of sp³-hybridized carbons (Fsp3) is 0.200. The monoisotopic (exact) mass is 274 g/mol. The molecule has 0 aliphatic rings. The molecule has 1 aromatic carbocycles. The first kappa shape index (κ1) is 13.6. The molecule has 4 heteroatoms. The molecule has 19 heavy (non-hydrogen) atoms. The number of carbonyl (C=O) groups is 1. The van der Waals surface area contributed by atoms with Crippen LogP contribution in [0.1, 0.15) is 28.4 Å². The van der Waals surface area contributed by atoms with Gasteiger partial charge in [-0.2, -0.15) is 0 Å². The van der Waals surface area contributed by atoms with Crippen LogP contribution in [0.4, 0.5) is 5.69 Å².